The molecule has 1 aromatic heterocycles. The molecule has 0 saturated heterocycles. The minimum atomic E-state index is 0.237. The smallest absolute Gasteiger partial charge is 0.138 e. The monoisotopic (exact) mass is 281 g/mol. The number of hydrogen-bond donors (Lipinski definition) is 1. The lowest BCUT2D eigenvalue weighted by Crippen LogP contribution is -2.18. The molecule has 1 aromatic carbocycles. The Morgan fingerprint density at radius 3 is 2.81 bits per heavy atom. The summed E-state index contributed by atoms with van der Waals surface area (Å²) in [4.78, 5) is 9.57. The van der Waals surface area contributed by atoms with E-state index in [1.807, 2.05) is 19.2 Å². The number of rotatable bonds is 3. The van der Waals surface area contributed by atoms with Crippen LogP contribution in [0.5, 0.6) is 5.75 Å². The Balaban J connectivity index is 1.78. The van der Waals surface area contributed by atoms with Crippen molar-refractivity contribution < 1.29 is 4.74 Å². The molecule has 1 N–H and O–H groups in total. The Morgan fingerprint density at radius 2 is 2.00 bits per heavy atom. The molecule has 0 radical (unpaired) electrons. The molecule has 1 aliphatic heterocycles. The lowest BCUT2D eigenvalue weighted by Gasteiger charge is -2.25. The molecule has 0 spiro atoms. The fourth-order valence-electron chi connectivity index (χ4n) is 2.97. The van der Waals surface area contributed by atoms with E-state index in [1.54, 1.807) is 0 Å². The number of benzene rings is 1. The first-order chi connectivity index (χ1) is 10.3. The second-order valence-electron chi connectivity index (χ2n) is 5.79. The predicted molar refractivity (Wildman–Crippen MR) is 82.0 cm³/mol. The zero-order valence-corrected chi connectivity index (χ0v) is 12.2. The van der Waals surface area contributed by atoms with Gasteiger partial charge in [0.05, 0.1) is 12.5 Å². The van der Waals surface area contributed by atoms with Crippen LogP contribution in [0.4, 0.5) is 5.82 Å². The molecule has 108 valence electrons. The van der Waals surface area contributed by atoms with E-state index in [2.05, 4.69) is 23.5 Å². The Bertz CT molecular complexity index is 667. The number of hydrogen-bond acceptors (Lipinski definition) is 4. The van der Waals surface area contributed by atoms with Crippen molar-refractivity contribution in [2.24, 2.45) is 0 Å². The minimum absolute atomic E-state index is 0.237. The standard InChI is InChI=1S/C17H19N3O/c1-18-16-10-14(11-6-7-11)19-17(20-16)13-8-9-21-15-5-3-2-4-12(13)15/h2-5,10-11,13H,6-9H2,1H3,(H,18,19,20). The van der Waals surface area contributed by atoms with E-state index in [0.717, 1.165) is 30.4 Å². The predicted octanol–water partition coefficient (Wildman–Crippen LogP) is 3.31. The van der Waals surface area contributed by atoms with Crippen LogP contribution in [0.25, 0.3) is 0 Å². The quantitative estimate of drug-likeness (QED) is 0.937. The van der Waals surface area contributed by atoms with Crippen molar-refractivity contribution in [3.05, 3.63) is 47.4 Å². The van der Waals surface area contributed by atoms with Crippen molar-refractivity contribution in [3.8, 4) is 5.75 Å². The molecular formula is C17H19N3O. The van der Waals surface area contributed by atoms with E-state index in [-0.39, 0.29) is 5.92 Å². The first kappa shape index (κ1) is 12.6. The Morgan fingerprint density at radius 1 is 1.14 bits per heavy atom. The summed E-state index contributed by atoms with van der Waals surface area (Å²) in [6, 6.07) is 10.3. The SMILES string of the molecule is CNc1cc(C2CC2)nc(C2CCOc3ccccc32)n1. The van der Waals surface area contributed by atoms with Gasteiger partial charge in [-0.3, -0.25) is 0 Å². The number of nitrogens with zero attached hydrogens (tertiary/aromatic N) is 2. The van der Waals surface area contributed by atoms with Crippen LogP contribution in [0, 0.1) is 0 Å². The molecular weight excluding hydrogens is 262 g/mol. The Hall–Kier alpha value is -2.10. The molecule has 0 amide bonds. The van der Waals surface area contributed by atoms with E-state index in [9.17, 15) is 0 Å². The lowest BCUT2D eigenvalue weighted by atomic mass is 9.92. The average Bonchev–Trinajstić information content (AvgIpc) is 3.39. The van der Waals surface area contributed by atoms with E-state index in [1.165, 1.54) is 24.1 Å². The van der Waals surface area contributed by atoms with Gasteiger partial charge in [-0.25, -0.2) is 9.97 Å². The molecule has 0 bridgehead atoms. The van der Waals surface area contributed by atoms with Crippen LogP contribution in [0.15, 0.2) is 30.3 Å². The topological polar surface area (TPSA) is 47.0 Å². The van der Waals surface area contributed by atoms with Crippen LogP contribution >= 0.6 is 0 Å². The highest BCUT2D eigenvalue weighted by Crippen LogP contribution is 2.41. The highest BCUT2D eigenvalue weighted by atomic mass is 16.5. The second-order valence-corrected chi connectivity index (χ2v) is 5.79. The molecule has 4 nitrogen and oxygen atoms in total. The number of aromatic nitrogens is 2. The third-order valence-corrected chi connectivity index (χ3v) is 4.29. The number of anilines is 1. The van der Waals surface area contributed by atoms with E-state index >= 15 is 0 Å². The van der Waals surface area contributed by atoms with Gasteiger partial charge in [-0.2, -0.15) is 0 Å². The molecule has 4 rings (SSSR count). The number of ether oxygens (including phenoxy) is 1. The van der Waals surface area contributed by atoms with Gasteiger partial charge < -0.3 is 10.1 Å². The molecule has 1 aliphatic carbocycles. The largest absolute Gasteiger partial charge is 0.493 e. The van der Waals surface area contributed by atoms with E-state index < -0.39 is 0 Å². The third kappa shape index (κ3) is 2.35. The lowest BCUT2D eigenvalue weighted by molar-refractivity contribution is 0.274. The van der Waals surface area contributed by atoms with Crippen LogP contribution < -0.4 is 10.1 Å². The van der Waals surface area contributed by atoms with Gasteiger partial charge in [0.2, 0.25) is 0 Å². The number of fused-ring (bicyclic) bond motifs is 1. The van der Waals surface area contributed by atoms with Crippen molar-refractivity contribution in [2.75, 3.05) is 19.0 Å². The molecule has 2 aromatic rings. The summed E-state index contributed by atoms with van der Waals surface area (Å²) in [5, 5.41) is 3.17. The van der Waals surface area contributed by atoms with Crippen LogP contribution in [0.1, 0.15) is 48.2 Å². The minimum Gasteiger partial charge on any atom is -0.493 e. The summed E-state index contributed by atoms with van der Waals surface area (Å²) in [6.45, 7) is 0.730. The summed E-state index contributed by atoms with van der Waals surface area (Å²) in [5.74, 6) is 3.69. The summed E-state index contributed by atoms with van der Waals surface area (Å²) in [7, 11) is 1.92. The molecule has 4 heteroatoms. The molecule has 21 heavy (non-hydrogen) atoms. The molecule has 1 atom stereocenters. The van der Waals surface area contributed by atoms with Crippen LogP contribution in [0.3, 0.4) is 0 Å². The first-order valence-corrected chi connectivity index (χ1v) is 7.63. The molecule has 2 aliphatic rings. The van der Waals surface area contributed by atoms with Gasteiger partial charge in [0.25, 0.3) is 0 Å². The highest BCUT2D eigenvalue weighted by molar-refractivity contribution is 5.44. The highest BCUT2D eigenvalue weighted by Gasteiger charge is 2.29. The van der Waals surface area contributed by atoms with E-state index in [0.29, 0.717) is 5.92 Å². The summed E-state index contributed by atoms with van der Waals surface area (Å²) in [6.07, 6.45) is 3.45. The number of nitrogens with one attached hydrogen (secondary N) is 1. The van der Waals surface area contributed by atoms with Gasteiger partial charge in [-0.1, -0.05) is 18.2 Å². The average molecular weight is 281 g/mol. The normalized spacial score (nSPS) is 20.5. The zero-order chi connectivity index (χ0) is 14.2. The Kier molecular flexibility index (Phi) is 3.02. The van der Waals surface area contributed by atoms with Crippen LogP contribution in [-0.2, 0) is 0 Å². The molecule has 1 saturated carbocycles. The maximum absolute atomic E-state index is 5.75. The molecule has 2 heterocycles. The van der Waals surface area contributed by atoms with Crippen molar-refractivity contribution in [2.45, 2.75) is 31.1 Å². The van der Waals surface area contributed by atoms with Gasteiger partial charge in [-0.05, 0) is 25.3 Å². The van der Waals surface area contributed by atoms with Crippen molar-refractivity contribution in [1.29, 1.82) is 0 Å². The van der Waals surface area contributed by atoms with Crippen LogP contribution in [0.2, 0.25) is 0 Å². The first-order valence-electron chi connectivity index (χ1n) is 7.63. The van der Waals surface area contributed by atoms with E-state index in [4.69, 9.17) is 14.7 Å². The fourth-order valence-corrected chi connectivity index (χ4v) is 2.97. The second kappa shape index (κ2) is 5.02. The fraction of sp³-hybridized carbons (Fsp3) is 0.412. The van der Waals surface area contributed by atoms with Crippen molar-refractivity contribution in [3.63, 3.8) is 0 Å². The van der Waals surface area contributed by atoms with Gasteiger partial charge in [-0.15, -0.1) is 0 Å². The van der Waals surface area contributed by atoms with Gasteiger partial charge in [0.15, 0.2) is 0 Å². The van der Waals surface area contributed by atoms with Crippen LogP contribution in [-0.4, -0.2) is 23.6 Å². The zero-order valence-electron chi connectivity index (χ0n) is 12.2. The third-order valence-electron chi connectivity index (χ3n) is 4.29. The maximum Gasteiger partial charge on any atom is 0.138 e. The summed E-state index contributed by atoms with van der Waals surface area (Å²) >= 11 is 0. The number of para-hydroxylation sites is 1. The summed E-state index contributed by atoms with van der Waals surface area (Å²) in [5.41, 5.74) is 2.40. The van der Waals surface area contributed by atoms with Gasteiger partial charge in [0.1, 0.15) is 17.4 Å². The summed E-state index contributed by atoms with van der Waals surface area (Å²) < 4.78 is 5.75. The molecule has 1 fully saturated rings. The van der Waals surface area contributed by atoms with Crippen molar-refractivity contribution >= 4 is 5.82 Å². The van der Waals surface area contributed by atoms with Gasteiger partial charge in [0, 0.05) is 30.3 Å². The Labute approximate surface area is 124 Å². The molecule has 1 unspecified atom stereocenters. The van der Waals surface area contributed by atoms with Crippen molar-refractivity contribution in [1.82, 2.24) is 9.97 Å². The van der Waals surface area contributed by atoms with Gasteiger partial charge >= 0.3 is 0 Å². The maximum atomic E-state index is 5.75.